The Morgan fingerprint density at radius 3 is 2.76 bits per heavy atom. The Bertz CT molecular complexity index is 903. The van der Waals surface area contributed by atoms with Gasteiger partial charge in [0.25, 0.3) is 5.91 Å². The van der Waals surface area contributed by atoms with Crippen LogP contribution in [0.15, 0.2) is 54.8 Å². The van der Waals surface area contributed by atoms with Gasteiger partial charge in [-0.3, -0.25) is 4.79 Å². The van der Waals surface area contributed by atoms with Gasteiger partial charge in [-0.2, -0.15) is 5.10 Å². The maximum Gasteiger partial charge on any atom is 0.250 e. The summed E-state index contributed by atoms with van der Waals surface area (Å²) in [5.74, 6) is 0.144. The summed E-state index contributed by atoms with van der Waals surface area (Å²) in [5, 5.41) is 13.6. The molecule has 1 heterocycles. The lowest BCUT2D eigenvalue weighted by Crippen LogP contribution is -2.19. The molecule has 128 valence electrons. The van der Waals surface area contributed by atoms with Crippen molar-refractivity contribution in [1.29, 1.82) is 0 Å². The van der Waals surface area contributed by atoms with Crippen molar-refractivity contribution < 1.29 is 9.90 Å². The van der Waals surface area contributed by atoms with E-state index in [4.69, 9.17) is 0 Å². The van der Waals surface area contributed by atoms with E-state index in [0.29, 0.717) is 8.95 Å². The number of nitrogens with one attached hydrogen (secondary N) is 1. The molecule has 3 aromatic rings. The number of aromatic nitrogens is 1. The molecule has 0 fully saturated rings. The van der Waals surface area contributed by atoms with E-state index in [1.165, 1.54) is 18.0 Å². The van der Waals surface area contributed by atoms with E-state index in [-0.39, 0.29) is 17.4 Å². The van der Waals surface area contributed by atoms with Crippen LogP contribution < -0.4 is 5.43 Å². The minimum absolute atomic E-state index is 0.119. The number of nitrogens with zero attached hydrogens (tertiary/aromatic N) is 2. The first kappa shape index (κ1) is 18.4. The third-order valence-electron chi connectivity index (χ3n) is 3.04. The van der Waals surface area contributed by atoms with Crippen molar-refractivity contribution in [3.63, 3.8) is 0 Å². The van der Waals surface area contributed by atoms with Crippen molar-refractivity contribution in [3.05, 3.63) is 50.9 Å². The summed E-state index contributed by atoms with van der Waals surface area (Å²) in [6.45, 7) is 0. The van der Waals surface area contributed by atoms with Crippen molar-refractivity contribution in [3.8, 4) is 5.75 Å². The van der Waals surface area contributed by atoms with Crippen LogP contribution in [0.5, 0.6) is 5.75 Å². The fraction of sp³-hybridized carbons (Fsp3) is 0.0625. The van der Waals surface area contributed by atoms with Gasteiger partial charge in [0.2, 0.25) is 0 Å². The Morgan fingerprint density at radius 1 is 1.32 bits per heavy atom. The third kappa shape index (κ3) is 4.81. The van der Waals surface area contributed by atoms with Crippen LogP contribution in [-0.2, 0) is 4.79 Å². The number of fused-ring (bicyclic) bond motifs is 1. The summed E-state index contributed by atoms with van der Waals surface area (Å²) >= 11 is 9.43. The van der Waals surface area contributed by atoms with Crippen LogP contribution >= 0.6 is 55.0 Å². The third-order valence-corrected chi connectivity index (χ3v) is 6.43. The number of aromatic hydroxyl groups is 1. The number of thiazole rings is 1. The Labute approximate surface area is 168 Å². The van der Waals surface area contributed by atoms with E-state index in [1.807, 2.05) is 24.3 Å². The molecule has 2 N–H and O–H groups in total. The maximum atomic E-state index is 11.9. The van der Waals surface area contributed by atoms with Gasteiger partial charge >= 0.3 is 0 Å². The van der Waals surface area contributed by atoms with Gasteiger partial charge in [0.15, 0.2) is 4.34 Å². The molecule has 0 saturated carbocycles. The molecule has 2 aromatic carbocycles. The summed E-state index contributed by atoms with van der Waals surface area (Å²) in [4.78, 5) is 16.4. The molecule has 0 saturated heterocycles. The second kappa shape index (κ2) is 8.31. The van der Waals surface area contributed by atoms with Crippen molar-refractivity contribution >= 4 is 77.3 Å². The number of halogens is 2. The van der Waals surface area contributed by atoms with Crippen LogP contribution in [0, 0.1) is 0 Å². The molecule has 25 heavy (non-hydrogen) atoms. The van der Waals surface area contributed by atoms with Crippen molar-refractivity contribution in [2.24, 2.45) is 5.10 Å². The highest BCUT2D eigenvalue weighted by atomic mass is 79.9. The highest BCUT2D eigenvalue weighted by molar-refractivity contribution is 9.11. The second-order valence-electron chi connectivity index (χ2n) is 4.86. The number of hydrogen-bond acceptors (Lipinski definition) is 6. The molecule has 0 atom stereocenters. The molecule has 0 unspecified atom stereocenters. The number of hydrogen-bond donors (Lipinski definition) is 2. The molecular weight excluding hydrogens is 490 g/mol. The smallest absolute Gasteiger partial charge is 0.250 e. The Balaban J connectivity index is 1.54. The van der Waals surface area contributed by atoms with Gasteiger partial charge in [-0.25, -0.2) is 10.4 Å². The average molecular weight is 501 g/mol. The maximum absolute atomic E-state index is 11.9. The minimum atomic E-state index is -0.211. The summed E-state index contributed by atoms with van der Waals surface area (Å²) in [6.07, 6.45) is 1.51. The molecule has 0 spiro atoms. The number of phenols is 1. The van der Waals surface area contributed by atoms with E-state index in [1.54, 1.807) is 23.5 Å². The first-order valence-electron chi connectivity index (χ1n) is 7.01. The number of amides is 1. The fourth-order valence-electron chi connectivity index (χ4n) is 1.91. The Kier molecular flexibility index (Phi) is 6.10. The molecule has 0 aliphatic carbocycles. The summed E-state index contributed by atoms with van der Waals surface area (Å²) in [6, 6.07) is 11.3. The molecule has 1 amide bonds. The summed E-state index contributed by atoms with van der Waals surface area (Å²) in [7, 11) is 0. The highest BCUT2D eigenvalue weighted by Gasteiger charge is 2.07. The molecule has 0 aliphatic rings. The van der Waals surface area contributed by atoms with Gasteiger partial charge in [0.05, 0.1) is 31.1 Å². The molecular formula is C16H11Br2N3O2S2. The number of carbonyl (C=O) groups excluding carboxylic acids is 1. The van der Waals surface area contributed by atoms with Gasteiger partial charge < -0.3 is 5.11 Å². The molecule has 0 radical (unpaired) electrons. The largest absolute Gasteiger partial charge is 0.506 e. The molecule has 1 aromatic heterocycles. The zero-order valence-corrected chi connectivity index (χ0v) is 17.4. The predicted octanol–water partition coefficient (Wildman–Crippen LogP) is 4.77. The Morgan fingerprint density at radius 2 is 2.04 bits per heavy atom. The van der Waals surface area contributed by atoms with E-state index in [9.17, 15) is 9.90 Å². The van der Waals surface area contributed by atoms with Crippen LogP contribution in [0.25, 0.3) is 10.2 Å². The summed E-state index contributed by atoms with van der Waals surface area (Å²) in [5.41, 5.74) is 4.16. The zero-order chi connectivity index (χ0) is 17.8. The van der Waals surface area contributed by atoms with E-state index in [0.717, 1.165) is 20.1 Å². The average Bonchev–Trinajstić information content (AvgIpc) is 3.01. The van der Waals surface area contributed by atoms with E-state index < -0.39 is 0 Å². The fourth-order valence-corrected chi connectivity index (χ4v) is 4.99. The van der Waals surface area contributed by atoms with E-state index in [2.05, 4.69) is 47.4 Å². The topological polar surface area (TPSA) is 74.6 Å². The number of carbonyl (C=O) groups is 1. The molecule has 3 rings (SSSR count). The monoisotopic (exact) mass is 499 g/mol. The van der Waals surface area contributed by atoms with Gasteiger partial charge in [0.1, 0.15) is 5.75 Å². The van der Waals surface area contributed by atoms with Crippen molar-refractivity contribution in [2.45, 2.75) is 4.34 Å². The van der Waals surface area contributed by atoms with Crippen LogP contribution in [0.2, 0.25) is 0 Å². The van der Waals surface area contributed by atoms with E-state index >= 15 is 0 Å². The van der Waals surface area contributed by atoms with Gasteiger partial charge in [-0.1, -0.05) is 23.9 Å². The lowest BCUT2D eigenvalue weighted by atomic mass is 10.2. The first-order chi connectivity index (χ1) is 12.0. The number of para-hydroxylation sites is 1. The minimum Gasteiger partial charge on any atom is -0.506 e. The van der Waals surface area contributed by atoms with Crippen molar-refractivity contribution in [2.75, 3.05) is 5.75 Å². The SMILES string of the molecule is O=C(CSc1nc2ccccc2s1)N/N=C/c1cc(Br)c(O)c(Br)c1. The number of benzene rings is 2. The predicted molar refractivity (Wildman–Crippen MR) is 110 cm³/mol. The lowest BCUT2D eigenvalue weighted by Gasteiger charge is -2.02. The lowest BCUT2D eigenvalue weighted by molar-refractivity contribution is -0.118. The quantitative estimate of drug-likeness (QED) is 0.300. The molecule has 5 nitrogen and oxygen atoms in total. The standard InChI is InChI=1S/C16H11Br2N3O2S2/c17-10-5-9(6-11(18)15(10)23)7-19-21-14(22)8-24-16-20-12-3-1-2-4-13(12)25-16/h1-7,23H,8H2,(H,21,22)/b19-7+. The van der Waals surface area contributed by atoms with Crippen LogP contribution in [0.1, 0.15) is 5.56 Å². The van der Waals surface area contributed by atoms with Crippen molar-refractivity contribution in [1.82, 2.24) is 10.4 Å². The van der Waals surface area contributed by atoms with Gasteiger partial charge in [-0.05, 0) is 61.7 Å². The van der Waals surface area contributed by atoms with Gasteiger partial charge in [-0.15, -0.1) is 11.3 Å². The van der Waals surface area contributed by atoms with Gasteiger partial charge in [0, 0.05) is 0 Å². The summed E-state index contributed by atoms with van der Waals surface area (Å²) < 4.78 is 3.04. The number of hydrazone groups is 1. The normalized spacial score (nSPS) is 11.3. The molecule has 9 heteroatoms. The number of thioether (sulfide) groups is 1. The number of rotatable bonds is 5. The van der Waals surface area contributed by atoms with Crippen LogP contribution in [-0.4, -0.2) is 28.0 Å². The van der Waals surface area contributed by atoms with Crippen LogP contribution in [0.3, 0.4) is 0 Å². The number of phenolic OH excluding ortho intramolecular Hbond substituents is 1. The Hall–Kier alpha value is -1.42. The molecule has 0 bridgehead atoms. The first-order valence-corrected chi connectivity index (χ1v) is 10.4. The zero-order valence-electron chi connectivity index (χ0n) is 12.6. The second-order valence-corrected chi connectivity index (χ2v) is 8.82. The highest BCUT2D eigenvalue weighted by Crippen LogP contribution is 2.33. The molecule has 0 aliphatic heterocycles. The van der Waals surface area contributed by atoms with Crippen LogP contribution in [0.4, 0.5) is 0 Å².